The van der Waals surface area contributed by atoms with Gasteiger partial charge in [0.2, 0.25) is 0 Å². The number of nitrogens with one attached hydrogen (secondary N) is 1. The minimum Gasteiger partial charge on any atom is -0.493 e. The van der Waals surface area contributed by atoms with Gasteiger partial charge in [-0.2, -0.15) is 0 Å². The molecule has 0 aromatic heterocycles. The predicted octanol–water partition coefficient (Wildman–Crippen LogP) is 3.92. The van der Waals surface area contributed by atoms with Crippen molar-refractivity contribution in [1.29, 1.82) is 0 Å². The summed E-state index contributed by atoms with van der Waals surface area (Å²) in [7, 11) is 1.65. The molecule has 0 bridgehead atoms. The first-order valence-corrected chi connectivity index (χ1v) is 9.09. The summed E-state index contributed by atoms with van der Waals surface area (Å²) in [5.74, 6) is 2.94. The molecule has 134 valence electrons. The highest BCUT2D eigenvalue weighted by Crippen LogP contribution is 2.38. The van der Waals surface area contributed by atoms with Gasteiger partial charge < -0.3 is 24.3 Å². The Morgan fingerprint density at radius 3 is 2.64 bits per heavy atom. The van der Waals surface area contributed by atoms with E-state index >= 15 is 0 Å². The van der Waals surface area contributed by atoms with Gasteiger partial charge in [0.1, 0.15) is 19.8 Å². The number of fused-ring (bicyclic) bond motifs is 1. The molecule has 0 atom stereocenters. The molecule has 1 heterocycles. The van der Waals surface area contributed by atoms with Crippen molar-refractivity contribution in [3.63, 3.8) is 0 Å². The number of benzene rings is 2. The molecule has 1 N–H and O–H groups in total. The fourth-order valence-corrected chi connectivity index (χ4v) is 3.22. The molecule has 0 spiro atoms. The van der Waals surface area contributed by atoms with Crippen molar-refractivity contribution in [3.05, 3.63) is 45.9 Å². The lowest BCUT2D eigenvalue weighted by atomic mass is 10.2. The highest BCUT2D eigenvalue weighted by molar-refractivity contribution is 9.10. The Morgan fingerprint density at radius 2 is 1.88 bits per heavy atom. The Kier molecular flexibility index (Phi) is 6.04. The normalized spacial score (nSPS) is 12.8. The smallest absolute Gasteiger partial charge is 0.175 e. The molecule has 6 heteroatoms. The first-order valence-electron chi connectivity index (χ1n) is 8.29. The Balaban J connectivity index is 1.74. The quantitative estimate of drug-likeness (QED) is 0.753. The van der Waals surface area contributed by atoms with Gasteiger partial charge in [-0.3, -0.25) is 0 Å². The van der Waals surface area contributed by atoms with Gasteiger partial charge in [-0.1, -0.05) is 13.0 Å². The van der Waals surface area contributed by atoms with Crippen LogP contribution >= 0.6 is 15.9 Å². The Bertz CT molecular complexity index is 736. The standard InChI is InChI=1S/C19H22BrNO4/c1-3-21-11-14-8-15(20)19(18(10-14)22-2)25-12-13-4-5-16-17(9-13)24-7-6-23-16/h4-5,8-10,21H,3,6-7,11-12H2,1-2H3. The number of halogens is 1. The SMILES string of the molecule is CCNCc1cc(Br)c(OCc2ccc3c(c2)OCCO3)c(OC)c1. The van der Waals surface area contributed by atoms with E-state index in [2.05, 4.69) is 28.2 Å². The van der Waals surface area contributed by atoms with Crippen LogP contribution in [0.25, 0.3) is 0 Å². The van der Waals surface area contributed by atoms with Gasteiger partial charge >= 0.3 is 0 Å². The van der Waals surface area contributed by atoms with Gasteiger partial charge in [-0.05, 0) is 57.9 Å². The number of ether oxygens (including phenoxy) is 4. The summed E-state index contributed by atoms with van der Waals surface area (Å²) >= 11 is 3.59. The third-order valence-corrected chi connectivity index (χ3v) is 4.45. The van der Waals surface area contributed by atoms with E-state index in [-0.39, 0.29) is 0 Å². The van der Waals surface area contributed by atoms with E-state index in [1.54, 1.807) is 7.11 Å². The van der Waals surface area contributed by atoms with Gasteiger partial charge in [0.15, 0.2) is 23.0 Å². The van der Waals surface area contributed by atoms with E-state index in [1.165, 1.54) is 0 Å². The summed E-state index contributed by atoms with van der Waals surface area (Å²) in [6.07, 6.45) is 0. The number of rotatable bonds is 7. The second kappa shape index (κ2) is 8.45. The fourth-order valence-electron chi connectivity index (χ4n) is 2.62. The van der Waals surface area contributed by atoms with Crippen LogP contribution in [0.2, 0.25) is 0 Å². The lowest BCUT2D eigenvalue weighted by molar-refractivity contribution is 0.171. The van der Waals surface area contributed by atoms with Crippen molar-refractivity contribution in [2.45, 2.75) is 20.1 Å². The van der Waals surface area contributed by atoms with E-state index in [0.29, 0.717) is 31.3 Å². The van der Waals surface area contributed by atoms with Gasteiger partial charge in [0.05, 0.1) is 11.6 Å². The molecule has 0 radical (unpaired) electrons. The Morgan fingerprint density at radius 1 is 1.08 bits per heavy atom. The van der Waals surface area contributed by atoms with E-state index < -0.39 is 0 Å². The molecule has 2 aromatic rings. The van der Waals surface area contributed by atoms with Crippen molar-refractivity contribution < 1.29 is 18.9 Å². The van der Waals surface area contributed by atoms with Gasteiger partial charge in [0.25, 0.3) is 0 Å². The molecule has 2 aromatic carbocycles. The van der Waals surface area contributed by atoms with Crippen LogP contribution < -0.4 is 24.3 Å². The molecule has 0 unspecified atom stereocenters. The number of hydrogen-bond donors (Lipinski definition) is 1. The molecule has 0 fully saturated rings. The van der Waals surface area contributed by atoms with Crippen molar-refractivity contribution in [2.75, 3.05) is 26.9 Å². The second-order valence-corrected chi connectivity index (χ2v) is 6.51. The van der Waals surface area contributed by atoms with Crippen LogP contribution in [0.4, 0.5) is 0 Å². The molecule has 5 nitrogen and oxygen atoms in total. The molecule has 25 heavy (non-hydrogen) atoms. The maximum Gasteiger partial charge on any atom is 0.175 e. The molecule has 3 rings (SSSR count). The predicted molar refractivity (Wildman–Crippen MR) is 99.8 cm³/mol. The van der Waals surface area contributed by atoms with Crippen molar-refractivity contribution in [1.82, 2.24) is 5.32 Å². The topological polar surface area (TPSA) is 49.0 Å². The summed E-state index contributed by atoms with van der Waals surface area (Å²) < 4.78 is 23.5. The third kappa shape index (κ3) is 4.38. The second-order valence-electron chi connectivity index (χ2n) is 5.66. The summed E-state index contributed by atoms with van der Waals surface area (Å²) in [5, 5.41) is 3.31. The largest absolute Gasteiger partial charge is 0.493 e. The van der Waals surface area contributed by atoms with Crippen LogP contribution in [0, 0.1) is 0 Å². The summed E-state index contributed by atoms with van der Waals surface area (Å²) in [6, 6.07) is 9.89. The van der Waals surface area contributed by atoms with Crippen LogP contribution in [-0.4, -0.2) is 26.9 Å². The van der Waals surface area contributed by atoms with Crippen LogP contribution in [0.3, 0.4) is 0 Å². The average molecular weight is 408 g/mol. The Hall–Kier alpha value is -1.92. The first kappa shape index (κ1) is 17.9. The summed E-state index contributed by atoms with van der Waals surface area (Å²) in [5.41, 5.74) is 2.15. The first-order chi connectivity index (χ1) is 12.2. The van der Waals surface area contributed by atoms with Crippen LogP contribution in [0.5, 0.6) is 23.0 Å². The molecular formula is C19H22BrNO4. The minimum atomic E-state index is 0.415. The highest BCUT2D eigenvalue weighted by atomic mass is 79.9. The van der Waals surface area contributed by atoms with Gasteiger partial charge in [-0.25, -0.2) is 0 Å². The van der Waals surface area contributed by atoms with E-state index in [9.17, 15) is 0 Å². The van der Waals surface area contributed by atoms with Crippen LogP contribution in [-0.2, 0) is 13.2 Å². The maximum atomic E-state index is 6.01. The van der Waals surface area contributed by atoms with E-state index in [0.717, 1.165) is 40.2 Å². The molecule has 0 amide bonds. The molecule has 0 saturated heterocycles. The van der Waals surface area contributed by atoms with Gasteiger partial charge in [-0.15, -0.1) is 0 Å². The fraction of sp³-hybridized carbons (Fsp3) is 0.368. The lowest BCUT2D eigenvalue weighted by Gasteiger charge is -2.19. The minimum absolute atomic E-state index is 0.415. The van der Waals surface area contributed by atoms with Crippen molar-refractivity contribution >= 4 is 15.9 Å². The zero-order valence-corrected chi connectivity index (χ0v) is 16.0. The van der Waals surface area contributed by atoms with Gasteiger partial charge in [0, 0.05) is 6.54 Å². The summed E-state index contributed by atoms with van der Waals surface area (Å²) in [4.78, 5) is 0. The van der Waals surface area contributed by atoms with E-state index in [4.69, 9.17) is 18.9 Å². The summed E-state index contributed by atoms with van der Waals surface area (Å²) in [6.45, 7) is 5.36. The highest BCUT2D eigenvalue weighted by Gasteiger charge is 2.14. The number of methoxy groups -OCH3 is 1. The van der Waals surface area contributed by atoms with Crippen molar-refractivity contribution in [3.8, 4) is 23.0 Å². The molecular weight excluding hydrogens is 386 g/mol. The molecule has 0 aliphatic carbocycles. The third-order valence-electron chi connectivity index (χ3n) is 3.86. The molecule has 0 saturated carbocycles. The zero-order valence-electron chi connectivity index (χ0n) is 14.4. The molecule has 1 aliphatic heterocycles. The zero-order chi connectivity index (χ0) is 17.6. The maximum absolute atomic E-state index is 6.01. The number of hydrogen-bond acceptors (Lipinski definition) is 5. The average Bonchev–Trinajstić information content (AvgIpc) is 2.64. The van der Waals surface area contributed by atoms with Crippen LogP contribution in [0.1, 0.15) is 18.1 Å². The monoisotopic (exact) mass is 407 g/mol. The lowest BCUT2D eigenvalue weighted by Crippen LogP contribution is -2.15. The molecule has 1 aliphatic rings. The van der Waals surface area contributed by atoms with E-state index in [1.807, 2.05) is 30.3 Å². The van der Waals surface area contributed by atoms with Crippen molar-refractivity contribution in [2.24, 2.45) is 0 Å². The Labute approximate surface area is 156 Å². The van der Waals surface area contributed by atoms with Crippen LogP contribution in [0.15, 0.2) is 34.8 Å².